The average molecular weight is 250 g/mol. The van der Waals surface area contributed by atoms with Gasteiger partial charge in [-0.15, -0.1) is 0 Å². The topological polar surface area (TPSA) is 71.5 Å². The normalized spacial score (nSPS) is 15.6. The van der Waals surface area contributed by atoms with Crippen molar-refractivity contribution < 1.29 is 14.6 Å². The zero-order valence-electron chi connectivity index (χ0n) is 10.3. The van der Waals surface area contributed by atoms with E-state index in [4.69, 9.17) is 9.84 Å². The predicted molar refractivity (Wildman–Crippen MR) is 66.1 cm³/mol. The molecule has 5 nitrogen and oxygen atoms in total. The summed E-state index contributed by atoms with van der Waals surface area (Å²) in [4.78, 5) is 15.1. The van der Waals surface area contributed by atoms with Crippen LogP contribution in [0.25, 0.3) is 0 Å². The Morgan fingerprint density at radius 2 is 2.28 bits per heavy atom. The zero-order chi connectivity index (χ0) is 12.8. The lowest BCUT2D eigenvalue weighted by Gasteiger charge is -2.12. The number of amides is 1. The quantitative estimate of drug-likeness (QED) is 0.818. The highest BCUT2D eigenvalue weighted by Gasteiger charge is 2.16. The van der Waals surface area contributed by atoms with E-state index in [1.807, 2.05) is 12.1 Å². The Kier molecular flexibility index (Phi) is 4.52. The molecule has 1 aromatic heterocycles. The predicted octanol–water partition coefficient (Wildman–Crippen LogP) is 1.01. The summed E-state index contributed by atoms with van der Waals surface area (Å²) < 4.78 is 5.78. The maximum absolute atomic E-state index is 10.9. The fraction of sp³-hybridized carbons (Fsp3) is 0.538. The van der Waals surface area contributed by atoms with Gasteiger partial charge in [0.25, 0.3) is 0 Å². The number of nitrogens with one attached hydrogen (secondary N) is 1. The van der Waals surface area contributed by atoms with Gasteiger partial charge >= 0.3 is 0 Å². The Balaban J connectivity index is 1.89. The Morgan fingerprint density at radius 1 is 1.50 bits per heavy atom. The number of aromatic nitrogens is 1. The highest BCUT2D eigenvalue weighted by atomic mass is 16.5. The third-order valence-corrected chi connectivity index (χ3v) is 3.02. The van der Waals surface area contributed by atoms with Crippen molar-refractivity contribution in [2.45, 2.75) is 38.3 Å². The molecule has 0 spiro atoms. The molecule has 2 N–H and O–H groups in total. The largest absolute Gasteiger partial charge is 0.474 e. The van der Waals surface area contributed by atoms with Crippen molar-refractivity contribution in [3.63, 3.8) is 0 Å². The van der Waals surface area contributed by atoms with Gasteiger partial charge in [0.1, 0.15) is 12.7 Å². The van der Waals surface area contributed by atoms with Gasteiger partial charge in [-0.1, -0.05) is 0 Å². The molecular formula is C13H18N2O3. The van der Waals surface area contributed by atoms with Gasteiger partial charge in [-0.2, -0.15) is 0 Å². The second-order valence-corrected chi connectivity index (χ2v) is 4.46. The number of rotatable bonds is 5. The maximum Gasteiger partial charge on any atom is 0.245 e. The lowest BCUT2D eigenvalue weighted by atomic mass is 10.2. The van der Waals surface area contributed by atoms with E-state index in [-0.39, 0.29) is 12.0 Å². The van der Waals surface area contributed by atoms with Crippen molar-refractivity contribution in [2.75, 3.05) is 6.61 Å². The molecule has 18 heavy (non-hydrogen) atoms. The highest BCUT2D eigenvalue weighted by molar-refractivity contribution is 5.76. The molecule has 98 valence electrons. The summed E-state index contributed by atoms with van der Waals surface area (Å²) in [7, 11) is 0. The van der Waals surface area contributed by atoms with Crippen LogP contribution >= 0.6 is 0 Å². The van der Waals surface area contributed by atoms with Crippen LogP contribution in [0, 0.1) is 0 Å². The number of pyridine rings is 1. The van der Waals surface area contributed by atoms with E-state index in [2.05, 4.69) is 10.3 Å². The van der Waals surface area contributed by atoms with Gasteiger partial charge < -0.3 is 15.2 Å². The van der Waals surface area contributed by atoms with Crippen LogP contribution in [-0.4, -0.2) is 28.7 Å². The summed E-state index contributed by atoms with van der Waals surface area (Å²) in [5.74, 6) is 0.225. The minimum atomic E-state index is -0.490. The van der Waals surface area contributed by atoms with Gasteiger partial charge in [0.2, 0.25) is 11.8 Å². The lowest BCUT2D eigenvalue weighted by molar-refractivity contribution is -0.123. The van der Waals surface area contributed by atoms with Crippen molar-refractivity contribution in [3.05, 3.63) is 23.9 Å². The monoisotopic (exact) mass is 250 g/mol. The summed E-state index contributed by atoms with van der Waals surface area (Å²) in [6, 6.07) is 3.65. The van der Waals surface area contributed by atoms with E-state index in [1.54, 1.807) is 6.20 Å². The molecule has 0 aromatic carbocycles. The number of carbonyl (C=O) groups is 1. The fourth-order valence-corrected chi connectivity index (χ4v) is 2.06. The standard InChI is InChI=1S/C13H18N2O3/c16-9-12(17)15-8-10-5-6-14-13(7-10)18-11-3-1-2-4-11/h5-7,11,16H,1-4,8-9H2,(H,15,17). The number of aliphatic hydroxyl groups excluding tert-OH is 1. The van der Waals surface area contributed by atoms with Crippen molar-refractivity contribution in [3.8, 4) is 5.88 Å². The maximum atomic E-state index is 10.9. The first-order valence-corrected chi connectivity index (χ1v) is 6.27. The summed E-state index contributed by atoms with van der Waals surface area (Å²) in [6.07, 6.45) is 6.57. The van der Waals surface area contributed by atoms with E-state index in [1.165, 1.54) is 12.8 Å². The number of ether oxygens (including phenoxy) is 1. The smallest absolute Gasteiger partial charge is 0.245 e. The van der Waals surface area contributed by atoms with E-state index >= 15 is 0 Å². The van der Waals surface area contributed by atoms with Crippen molar-refractivity contribution in [1.82, 2.24) is 10.3 Å². The molecule has 1 saturated carbocycles. The number of nitrogens with zero attached hydrogens (tertiary/aromatic N) is 1. The molecule has 1 heterocycles. The molecule has 2 rings (SSSR count). The molecule has 0 atom stereocenters. The lowest BCUT2D eigenvalue weighted by Crippen LogP contribution is -2.25. The number of carbonyl (C=O) groups excluding carboxylic acids is 1. The summed E-state index contributed by atoms with van der Waals surface area (Å²) >= 11 is 0. The first kappa shape index (κ1) is 12.8. The molecule has 1 amide bonds. The van der Waals surface area contributed by atoms with Gasteiger partial charge in [-0.05, 0) is 37.3 Å². The molecule has 0 unspecified atom stereocenters. The number of aliphatic hydroxyl groups is 1. The van der Waals surface area contributed by atoms with Crippen LogP contribution in [0.3, 0.4) is 0 Å². The first-order chi connectivity index (χ1) is 8.78. The number of hydrogen-bond donors (Lipinski definition) is 2. The van der Waals surface area contributed by atoms with Crippen LogP contribution in [-0.2, 0) is 11.3 Å². The van der Waals surface area contributed by atoms with E-state index in [9.17, 15) is 4.79 Å². The van der Waals surface area contributed by atoms with E-state index in [0.29, 0.717) is 12.4 Å². The SMILES string of the molecule is O=C(CO)NCc1ccnc(OC2CCCC2)c1. The van der Waals surface area contributed by atoms with Crippen LogP contribution in [0.15, 0.2) is 18.3 Å². The second-order valence-electron chi connectivity index (χ2n) is 4.46. The number of hydrogen-bond acceptors (Lipinski definition) is 4. The summed E-state index contributed by atoms with van der Waals surface area (Å²) in [5, 5.41) is 11.2. The Hall–Kier alpha value is -1.62. The Bertz CT molecular complexity index is 403. The minimum Gasteiger partial charge on any atom is -0.474 e. The molecule has 0 bridgehead atoms. The average Bonchev–Trinajstić information content (AvgIpc) is 2.89. The van der Waals surface area contributed by atoms with Gasteiger partial charge in [0.05, 0.1) is 0 Å². The van der Waals surface area contributed by atoms with Crippen LogP contribution in [0.4, 0.5) is 0 Å². The van der Waals surface area contributed by atoms with Gasteiger partial charge in [-0.3, -0.25) is 4.79 Å². The molecule has 1 aromatic rings. The van der Waals surface area contributed by atoms with Gasteiger partial charge in [-0.25, -0.2) is 4.98 Å². The summed E-state index contributed by atoms with van der Waals surface area (Å²) in [6.45, 7) is -0.112. The van der Waals surface area contributed by atoms with Crippen LogP contribution < -0.4 is 10.1 Å². The Morgan fingerprint density at radius 3 is 3.00 bits per heavy atom. The molecular weight excluding hydrogens is 232 g/mol. The van der Waals surface area contributed by atoms with Crippen molar-refractivity contribution in [2.24, 2.45) is 0 Å². The Labute approximate surface area is 106 Å². The molecule has 0 saturated heterocycles. The molecule has 1 aliphatic rings. The van der Waals surface area contributed by atoms with Crippen molar-refractivity contribution >= 4 is 5.91 Å². The van der Waals surface area contributed by atoms with Crippen LogP contribution in [0.1, 0.15) is 31.2 Å². The van der Waals surface area contributed by atoms with Gasteiger partial charge in [0, 0.05) is 18.8 Å². The van der Waals surface area contributed by atoms with E-state index < -0.39 is 6.61 Å². The molecule has 1 fully saturated rings. The third kappa shape index (κ3) is 3.70. The van der Waals surface area contributed by atoms with Crippen LogP contribution in [0.2, 0.25) is 0 Å². The highest BCUT2D eigenvalue weighted by Crippen LogP contribution is 2.23. The van der Waals surface area contributed by atoms with Crippen LogP contribution in [0.5, 0.6) is 5.88 Å². The third-order valence-electron chi connectivity index (χ3n) is 3.02. The fourth-order valence-electron chi connectivity index (χ4n) is 2.06. The van der Waals surface area contributed by atoms with Gasteiger partial charge in [0.15, 0.2) is 0 Å². The van der Waals surface area contributed by atoms with E-state index in [0.717, 1.165) is 18.4 Å². The zero-order valence-corrected chi connectivity index (χ0v) is 10.3. The molecule has 0 radical (unpaired) electrons. The molecule has 0 aliphatic heterocycles. The molecule has 1 aliphatic carbocycles. The molecule has 5 heteroatoms. The van der Waals surface area contributed by atoms with Crippen molar-refractivity contribution in [1.29, 1.82) is 0 Å². The first-order valence-electron chi connectivity index (χ1n) is 6.27. The summed E-state index contributed by atoms with van der Waals surface area (Å²) in [5.41, 5.74) is 0.916. The minimum absolute atomic E-state index is 0.278. The second kappa shape index (κ2) is 6.35.